The summed E-state index contributed by atoms with van der Waals surface area (Å²) >= 11 is 1.23. The number of aromatic nitrogens is 2. The molecule has 2 aromatic heterocycles. The number of nitrogens with zero attached hydrogens (tertiary/aromatic N) is 3. The fourth-order valence-corrected chi connectivity index (χ4v) is 7.21. The Hall–Kier alpha value is -5.87. The Labute approximate surface area is 290 Å². The first-order valence-electron chi connectivity index (χ1n) is 16.2. The zero-order chi connectivity index (χ0) is 34.8. The number of rotatable bonds is 9. The van der Waals surface area contributed by atoms with E-state index in [0.29, 0.717) is 44.9 Å². The van der Waals surface area contributed by atoms with Crippen molar-refractivity contribution in [2.75, 3.05) is 13.2 Å². The van der Waals surface area contributed by atoms with Gasteiger partial charge in [0.25, 0.3) is 5.56 Å². The number of carbonyl (C=O) groups is 2. The largest absolute Gasteiger partial charge is 0.463 e. The van der Waals surface area contributed by atoms with E-state index in [1.165, 1.54) is 28.0 Å². The molecule has 1 atom stereocenters. The van der Waals surface area contributed by atoms with Crippen LogP contribution in [0.1, 0.15) is 52.5 Å². The van der Waals surface area contributed by atoms with Crippen LogP contribution < -0.4 is 14.9 Å². The molecule has 1 aliphatic rings. The van der Waals surface area contributed by atoms with E-state index in [9.17, 15) is 18.8 Å². The zero-order valence-corrected chi connectivity index (χ0v) is 28.2. The van der Waals surface area contributed by atoms with Crippen LogP contribution in [0.3, 0.4) is 0 Å². The molecule has 0 saturated heterocycles. The number of fused-ring (bicyclic) bond motifs is 2. The van der Waals surface area contributed by atoms with Crippen molar-refractivity contribution in [2.24, 2.45) is 4.99 Å². The van der Waals surface area contributed by atoms with Gasteiger partial charge in [-0.05, 0) is 61.4 Å². The highest BCUT2D eigenvalue weighted by Gasteiger charge is 2.35. The highest BCUT2D eigenvalue weighted by molar-refractivity contribution is 7.07. The van der Waals surface area contributed by atoms with E-state index in [-0.39, 0.29) is 23.7 Å². The van der Waals surface area contributed by atoms with Gasteiger partial charge in [-0.2, -0.15) is 0 Å². The predicted octanol–water partition coefficient (Wildman–Crippen LogP) is 6.25. The highest BCUT2D eigenvalue weighted by Crippen LogP contribution is 2.35. The number of hydrogen-bond acceptors (Lipinski definition) is 7. The first kappa shape index (κ1) is 32.7. The lowest BCUT2D eigenvalue weighted by Crippen LogP contribution is -2.40. The summed E-state index contributed by atoms with van der Waals surface area (Å²) in [6, 6.07) is 29.4. The average molecular weight is 686 g/mol. The van der Waals surface area contributed by atoms with Gasteiger partial charge >= 0.3 is 11.9 Å². The third-order valence-electron chi connectivity index (χ3n) is 8.48. The van der Waals surface area contributed by atoms with Gasteiger partial charge in [0.2, 0.25) is 0 Å². The molecule has 4 aromatic carbocycles. The molecule has 10 heteroatoms. The highest BCUT2D eigenvalue weighted by atomic mass is 32.1. The summed E-state index contributed by atoms with van der Waals surface area (Å²) < 4.78 is 28.8. The Kier molecular flexibility index (Phi) is 9.10. The number of benzene rings is 4. The third-order valence-corrected chi connectivity index (χ3v) is 9.47. The van der Waals surface area contributed by atoms with Gasteiger partial charge in [-0.15, -0.1) is 0 Å². The smallest absolute Gasteiger partial charge is 0.338 e. The minimum absolute atomic E-state index is 0.130. The van der Waals surface area contributed by atoms with E-state index in [4.69, 9.17) is 14.5 Å². The van der Waals surface area contributed by atoms with Crippen molar-refractivity contribution in [3.63, 3.8) is 0 Å². The van der Waals surface area contributed by atoms with Crippen molar-refractivity contribution in [1.29, 1.82) is 0 Å². The van der Waals surface area contributed by atoms with Crippen molar-refractivity contribution in [3.05, 3.63) is 168 Å². The summed E-state index contributed by atoms with van der Waals surface area (Å²) in [6.07, 6.45) is 3.85. The Morgan fingerprint density at radius 1 is 0.860 bits per heavy atom. The number of hydrogen-bond donors (Lipinski definition) is 0. The summed E-state index contributed by atoms with van der Waals surface area (Å²) in [4.78, 5) is 45.5. The third kappa shape index (κ3) is 6.21. The van der Waals surface area contributed by atoms with E-state index in [1.54, 1.807) is 38.1 Å². The maximum Gasteiger partial charge on any atom is 0.338 e. The quantitative estimate of drug-likeness (QED) is 0.168. The van der Waals surface area contributed by atoms with Crippen LogP contribution in [0.4, 0.5) is 4.39 Å². The second-order valence-corrected chi connectivity index (χ2v) is 12.6. The summed E-state index contributed by atoms with van der Waals surface area (Å²) in [5.74, 6) is -1.39. The minimum Gasteiger partial charge on any atom is -0.463 e. The van der Waals surface area contributed by atoms with Crippen LogP contribution in [0.2, 0.25) is 0 Å². The standard InChI is InChI=1S/C40H32FN3O5S/c1-3-48-38(46)28-16-14-25(15-17-28)23-43-24-29(31-12-8-9-13-32(31)43)22-33-37(45)44-36(27-18-20-30(41)21-19-27)34(39(47)49-4-2)35(42-40(44)50-33)26-10-6-5-7-11-26/h5-22,24,36H,3-4,23H2,1-2H3/b33-22-/t36-/m0/s1. The molecule has 50 heavy (non-hydrogen) atoms. The van der Waals surface area contributed by atoms with Crippen LogP contribution in [0.15, 0.2) is 125 Å². The number of para-hydroxylation sites is 1. The van der Waals surface area contributed by atoms with E-state index < -0.39 is 17.8 Å². The van der Waals surface area contributed by atoms with Crippen molar-refractivity contribution >= 4 is 46.0 Å². The first-order valence-corrected chi connectivity index (χ1v) is 17.1. The van der Waals surface area contributed by atoms with Crippen LogP contribution >= 0.6 is 11.3 Å². The molecular weight excluding hydrogens is 654 g/mol. The van der Waals surface area contributed by atoms with Gasteiger partial charge in [-0.3, -0.25) is 9.36 Å². The fraction of sp³-hybridized carbons (Fsp3) is 0.150. The van der Waals surface area contributed by atoms with Gasteiger partial charge in [0.1, 0.15) is 5.82 Å². The Bertz CT molecular complexity index is 2440. The number of esters is 2. The average Bonchev–Trinajstić information content (AvgIpc) is 3.64. The molecular formula is C40H32FN3O5S. The van der Waals surface area contributed by atoms with E-state index in [2.05, 4.69) is 4.57 Å². The molecule has 0 aliphatic carbocycles. The molecule has 0 amide bonds. The van der Waals surface area contributed by atoms with Crippen molar-refractivity contribution in [2.45, 2.75) is 26.4 Å². The summed E-state index contributed by atoms with van der Waals surface area (Å²) in [5, 5.41) is 0.953. The molecule has 0 radical (unpaired) electrons. The topological polar surface area (TPSA) is 91.9 Å². The van der Waals surface area contributed by atoms with Gasteiger partial charge in [-0.25, -0.2) is 19.0 Å². The van der Waals surface area contributed by atoms with Gasteiger partial charge in [0.15, 0.2) is 4.80 Å². The summed E-state index contributed by atoms with van der Waals surface area (Å²) in [5.41, 5.74) is 4.80. The molecule has 0 N–H and O–H groups in total. The second-order valence-electron chi connectivity index (χ2n) is 11.6. The van der Waals surface area contributed by atoms with Gasteiger partial charge in [0, 0.05) is 34.8 Å². The fourth-order valence-electron chi connectivity index (χ4n) is 6.22. The molecule has 3 heterocycles. The van der Waals surface area contributed by atoms with Crippen molar-refractivity contribution in [1.82, 2.24) is 9.13 Å². The molecule has 1 aliphatic heterocycles. The number of halogens is 1. The first-order chi connectivity index (χ1) is 24.4. The second kappa shape index (κ2) is 13.9. The van der Waals surface area contributed by atoms with Crippen LogP contribution in [0, 0.1) is 5.82 Å². The van der Waals surface area contributed by atoms with Crippen LogP contribution in [0.5, 0.6) is 0 Å². The monoisotopic (exact) mass is 685 g/mol. The van der Waals surface area contributed by atoms with Gasteiger partial charge in [0.05, 0.1) is 40.6 Å². The molecule has 8 nitrogen and oxygen atoms in total. The van der Waals surface area contributed by atoms with Gasteiger partial charge in [-0.1, -0.05) is 84.1 Å². The molecule has 6 aromatic rings. The summed E-state index contributed by atoms with van der Waals surface area (Å²) in [7, 11) is 0. The number of ether oxygens (including phenoxy) is 2. The molecule has 0 spiro atoms. The molecule has 0 saturated carbocycles. The normalized spacial score (nSPS) is 14.4. The number of thiazole rings is 1. The Balaban J connectivity index is 1.37. The number of carbonyl (C=O) groups excluding carboxylic acids is 2. The van der Waals surface area contributed by atoms with E-state index in [0.717, 1.165) is 22.0 Å². The van der Waals surface area contributed by atoms with Crippen LogP contribution in [-0.2, 0) is 20.8 Å². The molecule has 7 rings (SSSR count). The van der Waals surface area contributed by atoms with Crippen LogP contribution in [0.25, 0.3) is 22.7 Å². The van der Waals surface area contributed by atoms with Crippen LogP contribution in [-0.4, -0.2) is 34.3 Å². The zero-order valence-electron chi connectivity index (χ0n) is 27.3. The molecule has 0 bridgehead atoms. The van der Waals surface area contributed by atoms with E-state index >= 15 is 0 Å². The Morgan fingerprint density at radius 2 is 1.54 bits per heavy atom. The molecule has 250 valence electrons. The Morgan fingerprint density at radius 3 is 2.26 bits per heavy atom. The maximum absolute atomic E-state index is 14.4. The summed E-state index contributed by atoms with van der Waals surface area (Å²) in [6.45, 7) is 4.47. The van der Waals surface area contributed by atoms with E-state index in [1.807, 2.05) is 79.0 Å². The lowest BCUT2D eigenvalue weighted by molar-refractivity contribution is -0.138. The molecule has 0 fully saturated rings. The van der Waals surface area contributed by atoms with Crippen molar-refractivity contribution < 1.29 is 23.5 Å². The lowest BCUT2D eigenvalue weighted by Gasteiger charge is -2.25. The molecule has 0 unspecified atom stereocenters. The SMILES string of the molecule is CCOC(=O)C1=C(c2ccccc2)N=c2s/c(=C\c3cn(Cc4ccc(C(=O)OCC)cc4)c4ccccc34)c(=O)n2[C@H]1c1ccc(F)cc1. The van der Waals surface area contributed by atoms with Crippen molar-refractivity contribution in [3.8, 4) is 0 Å². The minimum atomic E-state index is -0.901. The lowest BCUT2D eigenvalue weighted by atomic mass is 9.93. The predicted molar refractivity (Wildman–Crippen MR) is 191 cm³/mol. The maximum atomic E-state index is 14.4. The van der Waals surface area contributed by atoms with Gasteiger partial charge < -0.3 is 14.0 Å².